The highest BCUT2D eigenvalue weighted by Crippen LogP contribution is 2.17. The van der Waals surface area contributed by atoms with E-state index < -0.39 is 0 Å². The summed E-state index contributed by atoms with van der Waals surface area (Å²) in [4.78, 5) is 0. The third-order valence-electron chi connectivity index (χ3n) is 2.99. The Hall–Kier alpha value is -1.68. The summed E-state index contributed by atoms with van der Waals surface area (Å²) in [5.41, 5.74) is 3.60. The van der Waals surface area contributed by atoms with Crippen LogP contribution in [0.4, 0.5) is 0 Å². The van der Waals surface area contributed by atoms with Crippen molar-refractivity contribution in [3.05, 3.63) is 47.3 Å². The third-order valence-corrected chi connectivity index (χ3v) is 2.99. The third kappa shape index (κ3) is 3.17. The van der Waals surface area contributed by atoms with Crippen LogP contribution < -0.4 is 5.32 Å². The summed E-state index contributed by atoms with van der Waals surface area (Å²) in [7, 11) is 1.89. The number of benzene rings is 1. The van der Waals surface area contributed by atoms with Gasteiger partial charge in [-0.05, 0) is 19.0 Å². The minimum Gasteiger partial charge on any atom is -0.310 e. The van der Waals surface area contributed by atoms with E-state index in [1.807, 2.05) is 13.2 Å². The summed E-state index contributed by atoms with van der Waals surface area (Å²) in [5.74, 6) is 0. The molecule has 0 fully saturated rings. The topological polar surface area (TPSA) is 42.7 Å². The zero-order valence-corrected chi connectivity index (χ0v) is 11.2. The molecule has 0 saturated carbocycles. The summed E-state index contributed by atoms with van der Waals surface area (Å²) in [6.07, 6.45) is 2.84. The highest BCUT2D eigenvalue weighted by molar-refractivity contribution is 5.25. The molecule has 1 N–H and O–H groups in total. The van der Waals surface area contributed by atoms with Crippen LogP contribution in [0.3, 0.4) is 0 Å². The zero-order valence-electron chi connectivity index (χ0n) is 11.2. The summed E-state index contributed by atoms with van der Waals surface area (Å²) in [6.45, 7) is 5.17. The van der Waals surface area contributed by atoms with Crippen molar-refractivity contribution in [2.45, 2.75) is 26.3 Å². The van der Waals surface area contributed by atoms with Crippen molar-refractivity contribution in [2.75, 3.05) is 6.54 Å². The van der Waals surface area contributed by atoms with E-state index in [0.717, 1.165) is 18.7 Å². The van der Waals surface area contributed by atoms with Crippen molar-refractivity contribution in [1.29, 1.82) is 0 Å². The van der Waals surface area contributed by atoms with Crippen molar-refractivity contribution >= 4 is 0 Å². The normalized spacial score (nSPS) is 12.6. The predicted octanol–water partition coefficient (Wildman–Crippen LogP) is 2.02. The van der Waals surface area contributed by atoms with Crippen molar-refractivity contribution in [1.82, 2.24) is 20.3 Å². The van der Waals surface area contributed by atoms with Crippen LogP contribution in [0.1, 0.15) is 29.8 Å². The Morgan fingerprint density at radius 3 is 2.56 bits per heavy atom. The maximum atomic E-state index is 4.15. The van der Waals surface area contributed by atoms with Gasteiger partial charge in [0, 0.05) is 25.7 Å². The van der Waals surface area contributed by atoms with Crippen molar-refractivity contribution in [3.8, 4) is 0 Å². The fourth-order valence-corrected chi connectivity index (χ4v) is 2.05. The number of aryl methyl sites for hydroxylation is 2. The first-order valence-corrected chi connectivity index (χ1v) is 6.34. The lowest BCUT2D eigenvalue weighted by molar-refractivity contribution is 0.543. The van der Waals surface area contributed by atoms with E-state index in [2.05, 4.69) is 53.7 Å². The lowest BCUT2D eigenvalue weighted by Crippen LogP contribution is -2.23. The molecule has 0 bridgehead atoms. The number of nitrogens with zero attached hydrogens (tertiary/aromatic N) is 3. The quantitative estimate of drug-likeness (QED) is 0.875. The standard InChI is InChI=1S/C14H20N4/c1-4-15-14(9-13-10-18(3)17-16-13)12-7-5-11(2)6-8-12/h5-8,10,14-15H,4,9H2,1-3H3. The van der Waals surface area contributed by atoms with Gasteiger partial charge >= 0.3 is 0 Å². The molecular formula is C14H20N4. The lowest BCUT2D eigenvalue weighted by Gasteiger charge is -2.17. The van der Waals surface area contributed by atoms with Gasteiger partial charge in [0.05, 0.1) is 5.69 Å². The molecule has 0 saturated heterocycles. The summed E-state index contributed by atoms with van der Waals surface area (Å²) >= 11 is 0. The van der Waals surface area contributed by atoms with Gasteiger partial charge in [-0.15, -0.1) is 5.10 Å². The van der Waals surface area contributed by atoms with E-state index in [1.165, 1.54) is 11.1 Å². The number of nitrogens with one attached hydrogen (secondary N) is 1. The van der Waals surface area contributed by atoms with E-state index in [4.69, 9.17) is 0 Å². The van der Waals surface area contributed by atoms with Crippen molar-refractivity contribution in [2.24, 2.45) is 7.05 Å². The molecule has 0 spiro atoms. The molecule has 0 aliphatic rings. The Labute approximate surface area is 108 Å². The Balaban J connectivity index is 2.14. The fraction of sp³-hybridized carbons (Fsp3) is 0.429. The maximum Gasteiger partial charge on any atom is 0.0845 e. The fourth-order valence-electron chi connectivity index (χ4n) is 2.05. The number of rotatable bonds is 5. The van der Waals surface area contributed by atoms with E-state index >= 15 is 0 Å². The van der Waals surface area contributed by atoms with Gasteiger partial charge in [0.2, 0.25) is 0 Å². The molecular weight excluding hydrogens is 224 g/mol. The molecule has 1 heterocycles. The highest BCUT2D eigenvalue weighted by atomic mass is 15.4. The largest absolute Gasteiger partial charge is 0.310 e. The molecule has 2 aromatic rings. The monoisotopic (exact) mass is 244 g/mol. The molecule has 2 rings (SSSR count). The highest BCUT2D eigenvalue weighted by Gasteiger charge is 2.12. The molecule has 1 atom stereocenters. The van der Waals surface area contributed by atoms with Crippen molar-refractivity contribution < 1.29 is 0 Å². The smallest absolute Gasteiger partial charge is 0.0845 e. The minimum absolute atomic E-state index is 0.298. The summed E-state index contributed by atoms with van der Waals surface area (Å²) < 4.78 is 1.74. The lowest BCUT2D eigenvalue weighted by atomic mass is 10.0. The molecule has 18 heavy (non-hydrogen) atoms. The van der Waals surface area contributed by atoms with Gasteiger partial charge in [-0.1, -0.05) is 42.0 Å². The minimum atomic E-state index is 0.298. The van der Waals surface area contributed by atoms with Crippen LogP contribution >= 0.6 is 0 Å². The van der Waals surface area contributed by atoms with Gasteiger partial charge < -0.3 is 5.32 Å². The first-order valence-electron chi connectivity index (χ1n) is 6.34. The van der Waals surface area contributed by atoms with Crippen LogP contribution in [0, 0.1) is 6.92 Å². The van der Waals surface area contributed by atoms with E-state index in [1.54, 1.807) is 4.68 Å². The first-order chi connectivity index (χ1) is 8.69. The molecule has 0 radical (unpaired) electrons. The van der Waals surface area contributed by atoms with Crippen LogP contribution in [0.25, 0.3) is 0 Å². The van der Waals surface area contributed by atoms with Gasteiger partial charge in [0.15, 0.2) is 0 Å². The van der Waals surface area contributed by atoms with Gasteiger partial charge in [-0.2, -0.15) is 0 Å². The number of aromatic nitrogens is 3. The molecule has 0 aliphatic heterocycles. The molecule has 1 unspecified atom stereocenters. The number of likely N-dealkylation sites (N-methyl/N-ethyl adjacent to an activating group) is 1. The van der Waals surface area contributed by atoms with Crippen LogP contribution in [-0.4, -0.2) is 21.5 Å². The average Bonchev–Trinajstić information content (AvgIpc) is 2.75. The average molecular weight is 244 g/mol. The Kier molecular flexibility index (Phi) is 4.10. The summed E-state index contributed by atoms with van der Waals surface area (Å²) in [6, 6.07) is 8.96. The van der Waals surface area contributed by atoms with Gasteiger partial charge in [-0.25, -0.2) is 0 Å². The first kappa shape index (κ1) is 12.8. The van der Waals surface area contributed by atoms with Crippen LogP contribution in [0.5, 0.6) is 0 Å². The maximum absolute atomic E-state index is 4.15. The van der Waals surface area contributed by atoms with Crippen LogP contribution in [0.15, 0.2) is 30.5 Å². The zero-order chi connectivity index (χ0) is 13.0. The van der Waals surface area contributed by atoms with Gasteiger partial charge in [0.1, 0.15) is 0 Å². The molecule has 4 nitrogen and oxygen atoms in total. The van der Waals surface area contributed by atoms with E-state index in [-0.39, 0.29) is 0 Å². The molecule has 0 amide bonds. The van der Waals surface area contributed by atoms with Gasteiger partial charge in [-0.3, -0.25) is 4.68 Å². The predicted molar refractivity (Wildman–Crippen MR) is 72.3 cm³/mol. The molecule has 0 aliphatic carbocycles. The van der Waals surface area contributed by atoms with Crippen LogP contribution in [0.2, 0.25) is 0 Å². The molecule has 4 heteroatoms. The van der Waals surface area contributed by atoms with E-state index in [9.17, 15) is 0 Å². The van der Waals surface area contributed by atoms with Crippen LogP contribution in [-0.2, 0) is 13.5 Å². The molecule has 96 valence electrons. The second kappa shape index (κ2) is 5.78. The van der Waals surface area contributed by atoms with E-state index in [0.29, 0.717) is 6.04 Å². The second-order valence-electron chi connectivity index (χ2n) is 4.61. The molecule has 1 aromatic carbocycles. The Morgan fingerprint density at radius 1 is 1.28 bits per heavy atom. The van der Waals surface area contributed by atoms with Crippen molar-refractivity contribution in [3.63, 3.8) is 0 Å². The van der Waals surface area contributed by atoms with Gasteiger partial charge in [0.25, 0.3) is 0 Å². The molecule has 1 aromatic heterocycles. The second-order valence-corrected chi connectivity index (χ2v) is 4.61. The summed E-state index contributed by atoms with van der Waals surface area (Å²) in [5, 5.41) is 11.6. The SMILES string of the molecule is CCNC(Cc1cn(C)nn1)c1ccc(C)cc1. The Morgan fingerprint density at radius 2 is 2.00 bits per heavy atom. The number of hydrogen-bond donors (Lipinski definition) is 1. The Bertz CT molecular complexity index is 487. The number of hydrogen-bond acceptors (Lipinski definition) is 3.